The van der Waals surface area contributed by atoms with Gasteiger partial charge in [-0.3, -0.25) is 0 Å². The highest BCUT2D eigenvalue weighted by atomic mass is 16.5. The van der Waals surface area contributed by atoms with Gasteiger partial charge in [-0.15, -0.1) is 0 Å². The second-order valence-electron chi connectivity index (χ2n) is 9.78. The number of aromatic nitrogens is 3. The van der Waals surface area contributed by atoms with Crippen LogP contribution in [0.1, 0.15) is 52.4 Å². The van der Waals surface area contributed by atoms with Gasteiger partial charge in [0.25, 0.3) is 0 Å². The van der Waals surface area contributed by atoms with Crippen LogP contribution >= 0.6 is 0 Å². The van der Waals surface area contributed by atoms with Gasteiger partial charge in [0.2, 0.25) is 0 Å². The van der Waals surface area contributed by atoms with Crippen molar-refractivity contribution in [3.63, 3.8) is 0 Å². The molecule has 8 nitrogen and oxygen atoms in total. The number of hydrogen-bond acceptors (Lipinski definition) is 7. The van der Waals surface area contributed by atoms with Crippen LogP contribution in [0.5, 0.6) is 0 Å². The van der Waals surface area contributed by atoms with E-state index in [0.717, 1.165) is 67.2 Å². The van der Waals surface area contributed by atoms with Crippen LogP contribution < -0.4 is 4.90 Å². The molecule has 3 aliphatic rings. The van der Waals surface area contributed by atoms with Crippen molar-refractivity contribution in [1.82, 2.24) is 19.3 Å². The largest absolute Gasteiger partial charge is 0.457 e. The molecule has 172 valence electrons. The van der Waals surface area contributed by atoms with Crippen molar-refractivity contribution >= 4 is 17.4 Å². The number of fused-ring (bicyclic) bond motifs is 2. The van der Waals surface area contributed by atoms with E-state index in [9.17, 15) is 9.90 Å². The van der Waals surface area contributed by atoms with Gasteiger partial charge in [-0.05, 0) is 61.9 Å². The van der Waals surface area contributed by atoms with E-state index < -0.39 is 6.10 Å². The first kappa shape index (κ1) is 20.6. The maximum atomic E-state index is 11.8. The van der Waals surface area contributed by atoms with Gasteiger partial charge >= 0.3 is 5.97 Å². The van der Waals surface area contributed by atoms with Gasteiger partial charge in [-0.1, -0.05) is 6.07 Å². The summed E-state index contributed by atoms with van der Waals surface area (Å²) in [6.07, 6.45) is 10.4. The van der Waals surface area contributed by atoms with E-state index in [4.69, 9.17) is 4.74 Å². The number of carbonyl (C=O) groups excluding carboxylic acids is 1. The quantitative estimate of drug-likeness (QED) is 0.616. The van der Waals surface area contributed by atoms with Crippen molar-refractivity contribution in [2.24, 2.45) is 5.41 Å². The molecule has 1 atom stereocenters. The van der Waals surface area contributed by atoms with Gasteiger partial charge in [0.1, 0.15) is 6.61 Å². The number of esters is 1. The number of rotatable bonds is 4. The Labute approximate surface area is 192 Å². The smallest absolute Gasteiger partial charge is 0.338 e. The van der Waals surface area contributed by atoms with E-state index in [1.54, 1.807) is 6.07 Å². The molecule has 0 saturated carbocycles. The normalized spacial score (nSPS) is 21.0. The summed E-state index contributed by atoms with van der Waals surface area (Å²) in [5.74, 6) is 0.715. The van der Waals surface area contributed by atoms with Gasteiger partial charge in [0.05, 0.1) is 11.7 Å². The number of piperidine rings is 1. The summed E-state index contributed by atoms with van der Waals surface area (Å²) >= 11 is 0. The summed E-state index contributed by atoms with van der Waals surface area (Å²) in [7, 11) is 0. The Morgan fingerprint density at radius 3 is 2.70 bits per heavy atom. The molecule has 0 aliphatic carbocycles. The molecule has 1 N–H and O–H groups in total. The Bertz CT molecular complexity index is 1210. The summed E-state index contributed by atoms with van der Waals surface area (Å²) in [5.41, 5.74) is 4.66. The van der Waals surface area contributed by atoms with Crippen LogP contribution in [0.3, 0.4) is 0 Å². The molecule has 33 heavy (non-hydrogen) atoms. The number of aliphatic hydroxyl groups excluding tert-OH is 1. The number of β-amino-alcohol motifs (C(OH)–C–C–N with tert-alkyl or cyclic N) is 1. The lowest BCUT2D eigenvalue weighted by Crippen LogP contribution is -2.43. The molecule has 5 heterocycles. The van der Waals surface area contributed by atoms with Gasteiger partial charge < -0.3 is 24.0 Å². The van der Waals surface area contributed by atoms with E-state index in [2.05, 4.69) is 19.8 Å². The highest BCUT2D eigenvalue weighted by Crippen LogP contribution is 2.42. The number of anilines is 1. The van der Waals surface area contributed by atoms with Crippen molar-refractivity contribution in [2.45, 2.75) is 38.9 Å². The maximum absolute atomic E-state index is 11.8. The Morgan fingerprint density at radius 2 is 1.88 bits per heavy atom. The van der Waals surface area contributed by atoms with Gasteiger partial charge in [-0.2, -0.15) is 0 Å². The van der Waals surface area contributed by atoms with Gasteiger partial charge in [0.15, 0.2) is 11.5 Å². The molecule has 0 radical (unpaired) electrons. The summed E-state index contributed by atoms with van der Waals surface area (Å²) in [6, 6.07) is 3.68. The number of ether oxygens (including phenoxy) is 1. The van der Waals surface area contributed by atoms with Gasteiger partial charge in [-0.25, -0.2) is 14.8 Å². The molecule has 2 aromatic heterocycles. The fourth-order valence-corrected chi connectivity index (χ4v) is 5.87. The average molecular weight is 448 g/mol. The second-order valence-corrected chi connectivity index (χ2v) is 9.78. The molecular formula is C25H29N5O3. The third-order valence-corrected chi connectivity index (χ3v) is 7.95. The van der Waals surface area contributed by atoms with Crippen molar-refractivity contribution < 1.29 is 14.6 Å². The predicted octanol–water partition coefficient (Wildman–Crippen LogP) is 2.73. The molecule has 8 heteroatoms. The number of carbonyl (C=O) groups is 1. The highest BCUT2D eigenvalue weighted by Gasteiger charge is 2.41. The van der Waals surface area contributed by atoms with Crippen molar-refractivity contribution in [2.75, 3.05) is 37.6 Å². The lowest BCUT2D eigenvalue weighted by Gasteiger charge is -2.40. The van der Waals surface area contributed by atoms with Crippen LogP contribution in [0.25, 0.3) is 5.65 Å². The molecule has 0 bridgehead atoms. The molecule has 2 fully saturated rings. The average Bonchev–Trinajstić information content (AvgIpc) is 3.55. The first-order valence-corrected chi connectivity index (χ1v) is 11.8. The van der Waals surface area contributed by atoms with E-state index in [1.807, 2.05) is 42.2 Å². The van der Waals surface area contributed by atoms with Crippen LogP contribution in [0.4, 0.5) is 5.82 Å². The number of hydrogen-bond donors (Lipinski definition) is 1. The topological polar surface area (TPSA) is 83.2 Å². The third-order valence-electron chi connectivity index (χ3n) is 7.95. The lowest BCUT2D eigenvalue weighted by molar-refractivity contribution is 0.0534. The van der Waals surface area contributed by atoms with Gasteiger partial charge in [0, 0.05) is 50.0 Å². The monoisotopic (exact) mass is 447 g/mol. The van der Waals surface area contributed by atoms with Crippen LogP contribution in [0.15, 0.2) is 36.9 Å². The fourth-order valence-electron chi connectivity index (χ4n) is 5.87. The lowest BCUT2D eigenvalue weighted by atomic mass is 9.77. The van der Waals surface area contributed by atoms with Crippen molar-refractivity contribution in [3.05, 3.63) is 59.2 Å². The third kappa shape index (κ3) is 3.48. The molecule has 2 saturated heterocycles. The molecular weight excluding hydrogens is 418 g/mol. The second kappa shape index (κ2) is 7.81. The Balaban J connectivity index is 1.10. The van der Waals surface area contributed by atoms with E-state index in [1.165, 1.54) is 6.42 Å². The molecule has 3 aliphatic heterocycles. The Hall–Kier alpha value is -2.97. The number of cyclic esters (lactones) is 1. The summed E-state index contributed by atoms with van der Waals surface area (Å²) in [5, 5.41) is 11.0. The molecule has 0 unspecified atom stereocenters. The summed E-state index contributed by atoms with van der Waals surface area (Å²) in [6.45, 7) is 6.90. The number of likely N-dealkylation sites (tertiary alicyclic amines) is 1. The molecule has 6 rings (SSSR count). The number of benzene rings is 1. The van der Waals surface area contributed by atoms with E-state index in [-0.39, 0.29) is 5.97 Å². The standard InChI is InChI=1S/C25H29N5O3/c1-17-18(2-3-19-20(17)15-33-24(19)32)21(31)14-28-9-4-25(5-10-28)6-11-30(16-25)23-22-26-7-12-29(22)13-8-27-23/h2-3,7-8,12-13,21,31H,4-6,9-11,14-16H2,1H3/t21-/m0/s1. The minimum absolute atomic E-state index is 0.264. The molecule has 1 aromatic carbocycles. The zero-order valence-electron chi connectivity index (χ0n) is 18.9. The first-order valence-electron chi connectivity index (χ1n) is 11.8. The molecule has 0 amide bonds. The minimum Gasteiger partial charge on any atom is -0.457 e. The van der Waals surface area contributed by atoms with Crippen LogP contribution in [0.2, 0.25) is 0 Å². The number of aliphatic hydroxyl groups is 1. The van der Waals surface area contributed by atoms with Crippen molar-refractivity contribution in [1.29, 1.82) is 0 Å². The summed E-state index contributed by atoms with van der Waals surface area (Å²) < 4.78 is 7.19. The predicted molar refractivity (Wildman–Crippen MR) is 123 cm³/mol. The van der Waals surface area contributed by atoms with E-state index in [0.29, 0.717) is 24.1 Å². The zero-order valence-corrected chi connectivity index (χ0v) is 18.9. The first-order chi connectivity index (χ1) is 16.0. The number of imidazole rings is 1. The minimum atomic E-state index is -0.567. The Morgan fingerprint density at radius 1 is 1.12 bits per heavy atom. The van der Waals surface area contributed by atoms with Crippen LogP contribution in [-0.2, 0) is 11.3 Å². The maximum Gasteiger partial charge on any atom is 0.338 e. The number of nitrogens with zero attached hydrogens (tertiary/aromatic N) is 5. The van der Waals surface area contributed by atoms with Crippen LogP contribution in [-0.4, -0.2) is 63.1 Å². The fraction of sp³-hybridized carbons (Fsp3) is 0.480. The SMILES string of the molecule is Cc1c([C@@H](O)CN2CCC3(CC2)CCN(c2nccn4ccnc24)C3)ccc2c1COC2=O. The highest BCUT2D eigenvalue weighted by molar-refractivity contribution is 5.93. The summed E-state index contributed by atoms with van der Waals surface area (Å²) in [4.78, 5) is 25.7. The Kier molecular flexibility index (Phi) is 4.88. The van der Waals surface area contributed by atoms with Crippen LogP contribution in [0, 0.1) is 12.3 Å². The van der Waals surface area contributed by atoms with E-state index >= 15 is 0 Å². The molecule has 1 spiro atoms. The zero-order chi connectivity index (χ0) is 22.6. The molecule has 3 aromatic rings. The van der Waals surface area contributed by atoms with Crippen molar-refractivity contribution in [3.8, 4) is 0 Å².